The molecule has 0 aromatic heterocycles. The van der Waals surface area contributed by atoms with Crippen LogP contribution in [0.4, 0.5) is 0 Å². The molecule has 1 N–H and O–H groups in total. The Morgan fingerprint density at radius 1 is 1.44 bits per heavy atom. The highest BCUT2D eigenvalue weighted by molar-refractivity contribution is 9.10. The second-order valence-electron chi connectivity index (χ2n) is 4.02. The minimum Gasteiger partial charge on any atom is -0.507 e. The number of hydrogen-bond donors (Lipinski definition) is 1. The number of phenols is 1. The molecule has 18 heavy (non-hydrogen) atoms. The Balaban J connectivity index is 2.80. The fraction of sp³-hybridized carbons (Fsp3) is 0.364. The minimum atomic E-state index is -3.12. The summed E-state index contributed by atoms with van der Waals surface area (Å²) in [6.45, 7) is 0.0904. The summed E-state index contributed by atoms with van der Waals surface area (Å²) >= 11 is 3.18. The second kappa shape index (κ2) is 5.71. The SMILES string of the molecule is CN(CCS(C)(=O)=O)C(=O)c1ccc(Br)cc1O. The van der Waals surface area contributed by atoms with Gasteiger partial charge in [-0.2, -0.15) is 0 Å². The van der Waals surface area contributed by atoms with Crippen molar-refractivity contribution in [3.8, 4) is 5.75 Å². The molecule has 1 aromatic carbocycles. The summed E-state index contributed by atoms with van der Waals surface area (Å²) in [5.74, 6) is -0.656. The van der Waals surface area contributed by atoms with Crippen molar-refractivity contribution in [1.82, 2.24) is 4.90 Å². The van der Waals surface area contributed by atoms with E-state index in [1.54, 1.807) is 6.07 Å². The summed E-state index contributed by atoms with van der Waals surface area (Å²) in [4.78, 5) is 13.2. The van der Waals surface area contributed by atoms with E-state index >= 15 is 0 Å². The van der Waals surface area contributed by atoms with Crippen LogP contribution in [0.3, 0.4) is 0 Å². The van der Waals surface area contributed by atoms with Crippen molar-refractivity contribution in [2.75, 3.05) is 25.6 Å². The van der Waals surface area contributed by atoms with Gasteiger partial charge in [0.15, 0.2) is 0 Å². The molecular weight excluding hydrogens is 322 g/mol. The van der Waals surface area contributed by atoms with Gasteiger partial charge in [-0.1, -0.05) is 15.9 Å². The molecule has 0 aliphatic heterocycles. The molecule has 0 spiro atoms. The summed E-state index contributed by atoms with van der Waals surface area (Å²) in [6.07, 6.45) is 1.11. The van der Waals surface area contributed by atoms with E-state index < -0.39 is 15.7 Å². The third-order valence-corrected chi connectivity index (χ3v) is 3.75. The Kier molecular flexibility index (Phi) is 4.75. The highest BCUT2D eigenvalue weighted by Gasteiger charge is 2.17. The van der Waals surface area contributed by atoms with Crippen molar-refractivity contribution in [1.29, 1.82) is 0 Å². The van der Waals surface area contributed by atoms with Gasteiger partial charge in [0.25, 0.3) is 5.91 Å². The summed E-state index contributed by atoms with van der Waals surface area (Å²) in [6, 6.07) is 4.54. The van der Waals surface area contributed by atoms with E-state index in [9.17, 15) is 18.3 Å². The largest absolute Gasteiger partial charge is 0.507 e. The van der Waals surface area contributed by atoms with Crippen molar-refractivity contribution in [2.45, 2.75) is 0 Å². The normalized spacial score (nSPS) is 11.3. The van der Waals surface area contributed by atoms with E-state index in [1.165, 1.54) is 24.1 Å². The van der Waals surface area contributed by atoms with Gasteiger partial charge >= 0.3 is 0 Å². The summed E-state index contributed by atoms with van der Waals surface area (Å²) < 4.78 is 22.7. The molecule has 1 aromatic rings. The van der Waals surface area contributed by atoms with Crippen molar-refractivity contribution in [3.05, 3.63) is 28.2 Å². The van der Waals surface area contributed by atoms with Gasteiger partial charge in [-0.3, -0.25) is 4.79 Å². The van der Waals surface area contributed by atoms with E-state index in [0.717, 1.165) is 6.26 Å². The average molecular weight is 336 g/mol. The molecule has 1 amide bonds. The van der Waals surface area contributed by atoms with E-state index in [0.29, 0.717) is 4.47 Å². The molecule has 0 heterocycles. The molecule has 7 heteroatoms. The van der Waals surface area contributed by atoms with Gasteiger partial charge in [-0.15, -0.1) is 0 Å². The van der Waals surface area contributed by atoms with E-state index in [-0.39, 0.29) is 23.6 Å². The fourth-order valence-electron chi connectivity index (χ4n) is 1.30. The standard InChI is InChI=1S/C11H14BrNO4S/c1-13(5-6-18(2,16)17)11(15)9-4-3-8(12)7-10(9)14/h3-4,7,14H,5-6H2,1-2H3. The van der Waals surface area contributed by atoms with Gasteiger partial charge in [-0.05, 0) is 18.2 Å². The molecule has 0 aliphatic rings. The lowest BCUT2D eigenvalue weighted by Gasteiger charge is -2.17. The number of benzene rings is 1. The fourth-order valence-corrected chi connectivity index (χ4v) is 2.25. The molecule has 5 nitrogen and oxygen atoms in total. The van der Waals surface area contributed by atoms with Crippen LogP contribution in [0.1, 0.15) is 10.4 Å². The van der Waals surface area contributed by atoms with Gasteiger partial charge in [0, 0.05) is 24.3 Å². The van der Waals surface area contributed by atoms with Crippen molar-refractivity contribution in [3.63, 3.8) is 0 Å². The Hall–Kier alpha value is -1.08. The van der Waals surface area contributed by atoms with Crippen LogP contribution in [-0.2, 0) is 9.84 Å². The number of halogens is 1. The van der Waals surface area contributed by atoms with Gasteiger partial charge in [0.1, 0.15) is 15.6 Å². The number of hydrogen-bond acceptors (Lipinski definition) is 4. The molecule has 0 saturated carbocycles. The molecular formula is C11H14BrNO4S. The summed E-state index contributed by atoms with van der Waals surface area (Å²) in [5.41, 5.74) is 0.147. The summed E-state index contributed by atoms with van der Waals surface area (Å²) in [5, 5.41) is 9.64. The van der Waals surface area contributed by atoms with Crippen molar-refractivity contribution in [2.24, 2.45) is 0 Å². The average Bonchev–Trinajstić information content (AvgIpc) is 2.24. The Morgan fingerprint density at radius 2 is 2.06 bits per heavy atom. The topological polar surface area (TPSA) is 74.7 Å². The molecule has 0 fully saturated rings. The van der Waals surface area contributed by atoms with Crippen LogP contribution < -0.4 is 0 Å². The number of carbonyl (C=O) groups is 1. The molecule has 1 rings (SSSR count). The monoisotopic (exact) mass is 335 g/mol. The van der Waals surface area contributed by atoms with Gasteiger partial charge in [-0.25, -0.2) is 8.42 Å². The molecule has 100 valence electrons. The highest BCUT2D eigenvalue weighted by atomic mass is 79.9. The molecule has 0 radical (unpaired) electrons. The third-order valence-electron chi connectivity index (χ3n) is 2.33. The van der Waals surface area contributed by atoms with Crippen LogP contribution in [-0.4, -0.2) is 49.9 Å². The zero-order valence-electron chi connectivity index (χ0n) is 10.1. The van der Waals surface area contributed by atoms with E-state index in [4.69, 9.17) is 0 Å². The summed E-state index contributed by atoms with van der Waals surface area (Å²) in [7, 11) is -1.62. The van der Waals surface area contributed by atoms with Crippen LogP contribution in [0.5, 0.6) is 5.75 Å². The number of phenolic OH excluding ortho intramolecular Hbond substituents is 1. The molecule has 0 aliphatic carbocycles. The minimum absolute atomic E-state index is 0.0904. The Morgan fingerprint density at radius 3 is 2.56 bits per heavy atom. The zero-order chi connectivity index (χ0) is 13.9. The highest BCUT2D eigenvalue weighted by Crippen LogP contribution is 2.23. The van der Waals surface area contributed by atoms with Crippen LogP contribution >= 0.6 is 15.9 Å². The number of aromatic hydroxyl groups is 1. The second-order valence-corrected chi connectivity index (χ2v) is 7.19. The Bertz CT molecular complexity index is 556. The molecule has 0 bridgehead atoms. The first-order valence-electron chi connectivity index (χ1n) is 5.12. The lowest BCUT2D eigenvalue weighted by atomic mass is 10.2. The van der Waals surface area contributed by atoms with Gasteiger partial charge in [0.05, 0.1) is 11.3 Å². The maximum atomic E-state index is 11.9. The van der Waals surface area contributed by atoms with E-state index in [1.807, 2.05) is 0 Å². The first-order valence-corrected chi connectivity index (χ1v) is 7.98. The predicted octanol–water partition coefficient (Wildman–Crippen LogP) is 1.27. The number of amides is 1. The number of carbonyl (C=O) groups excluding carboxylic acids is 1. The number of rotatable bonds is 4. The quantitative estimate of drug-likeness (QED) is 0.899. The number of sulfone groups is 1. The third kappa shape index (κ3) is 4.30. The molecule has 0 saturated heterocycles. The zero-order valence-corrected chi connectivity index (χ0v) is 12.5. The lowest BCUT2D eigenvalue weighted by molar-refractivity contribution is 0.0800. The van der Waals surface area contributed by atoms with Gasteiger partial charge in [0.2, 0.25) is 0 Å². The van der Waals surface area contributed by atoms with E-state index in [2.05, 4.69) is 15.9 Å². The predicted molar refractivity (Wildman–Crippen MR) is 72.5 cm³/mol. The maximum Gasteiger partial charge on any atom is 0.257 e. The lowest BCUT2D eigenvalue weighted by Crippen LogP contribution is -2.31. The first-order chi connectivity index (χ1) is 8.20. The van der Waals surface area contributed by atoms with Crippen molar-refractivity contribution >= 4 is 31.7 Å². The smallest absolute Gasteiger partial charge is 0.257 e. The first kappa shape index (κ1) is 15.0. The molecule has 0 atom stereocenters. The van der Waals surface area contributed by atoms with Crippen molar-refractivity contribution < 1.29 is 18.3 Å². The Labute approximate surface area is 114 Å². The van der Waals surface area contributed by atoms with Crippen LogP contribution in [0, 0.1) is 0 Å². The van der Waals surface area contributed by atoms with Crippen LogP contribution in [0.15, 0.2) is 22.7 Å². The maximum absolute atomic E-state index is 11.9. The number of nitrogens with zero attached hydrogens (tertiary/aromatic N) is 1. The van der Waals surface area contributed by atoms with Crippen LogP contribution in [0.2, 0.25) is 0 Å². The van der Waals surface area contributed by atoms with Gasteiger partial charge < -0.3 is 10.0 Å². The molecule has 0 unspecified atom stereocenters. The van der Waals surface area contributed by atoms with Crippen LogP contribution in [0.25, 0.3) is 0 Å².